The van der Waals surface area contributed by atoms with Crippen molar-refractivity contribution in [1.82, 2.24) is 14.8 Å². The van der Waals surface area contributed by atoms with Crippen LogP contribution in [0.3, 0.4) is 0 Å². The number of anilines is 1. The van der Waals surface area contributed by atoms with Gasteiger partial charge in [-0.15, -0.1) is 0 Å². The van der Waals surface area contributed by atoms with E-state index in [4.69, 9.17) is 16.3 Å². The van der Waals surface area contributed by atoms with Gasteiger partial charge in [0.15, 0.2) is 0 Å². The van der Waals surface area contributed by atoms with Crippen LogP contribution in [0.15, 0.2) is 42.6 Å². The largest absolute Gasteiger partial charge is 0.474 e. The smallest absolute Gasteiger partial charge is 0.253 e. The van der Waals surface area contributed by atoms with Crippen LogP contribution in [0.2, 0.25) is 5.02 Å². The molecule has 2 aromatic rings. The SMILES string of the molecule is CN(C)CC(=O)Nc1ccc(OC2CCN(C(=O)c3ccc(Cl)cc3)CC2)nc1. The highest BCUT2D eigenvalue weighted by atomic mass is 35.5. The van der Waals surface area contributed by atoms with Gasteiger partial charge in [0, 0.05) is 42.6 Å². The minimum atomic E-state index is -0.0943. The molecule has 1 aromatic heterocycles. The van der Waals surface area contributed by atoms with Crippen molar-refractivity contribution < 1.29 is 14.3 Å². The van der Waals surface area contributed by atoms with Crippen molar-refractivity contribution in [3.63, 3.8) is 0 Å². The van der Waals surface area contributed by atoms with Crippen LogP contribution < -0.4 is 10.1 Å². The third-order valence-electron chi connectivity index (χ3n) is 4.59. The lowest BCUT2D eigenvalue weighted by molar-refractivity contribution is -0.116. The van der Waals surface area contributed by atoms with Gasteiger partial charge in [0.05, 0.1) is 18.4 Å². The quantitative estimate of drug-likeness (QED) is 0.783. The Kier molecular flexibility index (Phi) is 7.06. The van der Waals surface area contributed by atoms with Gasteiger partial charge in [-0.3, -0.25) is 9.59 Å². The zero-order valence-corrected chi connectivity index (χ0v) is 17.4. The average molecular weight is 417 g/mol. The average Bonchev–Trinajstić information content (AvgIpc) is 2.69. The van der Waals surface area contributed by atoms with Gasteiger partial charge >= 0.3 is 0 Å². The van der Waals surface area contributed by atoms with Gasteiger partial charge in [-0.05, 0) is 44.4 Å². The number of hydrogen-bond donors (Lipinski definition) is 1. The first kappa shape index (κ1) is 21.1. The third kappa shape index (κ3) is 6.17. The number of carbonyl (C=O) groups excluding carboxylic acids is 2. The second-order valence-electron chi connectivity index (χ2n) is 7.29. The Morgan fingerprint density at radius 2 is 1.86 bits per heavy atom. The summed E-state index contributed by atoms with van der Waals surface area (Å²) in [4.78, 5) is 32.2. The molecule has 2 heterocycles. The summed E-state index contributed by atoms with van der Waals surface area (Å²) in [5.74, 6) is 0.428. The van der Waals surface area contributed by atoms with E-state index >= 15 is 0 Å². The lowest BCUT2D eigenvalue weighted by Crippen LogP contribution is -2.41. The molecule has 0 unspecified atom stereocenters. The summed E-state index contributed by atoms with van der Waals surface area (Å²) >= 11 is 5.88. The number of benzene rings is 1. The van der Waals surface area contributed by atoms with E-state index in [9.17, 15) is 9.59 Å². The summed E-state index contributed by atoms with van der Waals surface area (Å²) in [6, 6.07) is 10.5. The first-order chi connectivity index (χ1) is 13.9. The number of halogens is 1. The molecule has 8 heteroatoms. The Morgan fingerprint density at radius 3 is 2.45 bits per heavy atom. The van der Waals surface area contributed by atoms with E-state index in [1.165, 1.54) is 0 Å². The van der Waals surface area contributed by atoms with E-state index in [0.29, 0.717) is 41.8 Å². The maximum Gasteiger partial charge on any atom is 0.253 e. The van der Waals surface area contributed by atoms with Crippen LogP contribution in [0.4, 0.5) is 5.69 Å². The molecule has 1 saturated heterocycles. The highest BCUT2D eigenvalue weighted by molar-refractivity contribution is 6.30. The van der Waals surface area contributed by atoms with Gasteiger partial charge in [-0.1, -0.05) is 11.6 Å². The standard InChI is InChI=1S/C21H25ClN4O3/c1-25(2)14-19(27)24-17-7-8-20(23-13-17)29-18-9-11-26(12-10-18)21(28)15-3-5-16(22)6-4-15/h3-8,13,18H,9-12,14H2,1-2H3,(H,24,27). The lowest BCUT2D eigenvalue weighted by atomic mass is 10.1. The maximum absolute atomic E-state index is 12.6. The van der Waals surface area contributed by atoms with Crippen molar-refractivity contribution >= 4 is 29.1 Å². The summed E-state index contributed by atoms with van der Waals surface area (Å²) in [5, 5.41) is 3.41. The highest BCUT2D eigenvalue weighted by Gasteiger charge is 2.25. The zero-order chi connectivity index (χ0) is 20.8. The summed E-state index contributed by atoms with van der Waals surface area (Å²) < 4.78 is 5.94. The number of carbonyl (C=O) groups is 2. The highest BCUT2D eigenvalue weighted by Crippen LogP contribution is 2.20. The van der Waals surface area contributed by atoms with Crippen molar-refractivity contribution in [2.24, 2.45) is 0 Å². The van der Waals surface area contributed by atoms with Crippen molar-refractivity contribution in [2.45, 2.75) is 18.9 Å². The number of aromatic nitrogens is 1. The number of likely N-dealkylation sites (N-methyl/N-ethyl adjacent to an activating group) is 1. The van der Waals surface area contributed by atoms with Gasteiger partial charge in [-0.25, -0.2) is 4.98 Å². The summed E-state index contributed by atoms with van der Waals surface area (Å²) in [6.45, 7) is 1.57. The number of ether oxygens (including phenoxy) is 1. The molecule has 0 bridgehead atoms. The second-order valence-corrected chi connectivity index (χ2v) is 7.72. The van der Waals surface area contributed by atoms with Gasteiger partial charge in [0.2, 0.25) is 11.8 Å². The number of nitrogens with zero attached hydrogens (tertiary/aromatic N) is 3. The van der Waals surface area contributed by atoms with E-state index in [-0.39, 0.29) is 17.9 Å². The fraction of sp³-hybridized carbons (Fsp3) is 0.381. The third-order valence-corrected chi connectivity index (χ3v) is 4.84. The molecule has 7 nitrogen and oxygen atoms in total. The van der Waals surface area contributed by atoms with Crippen molar-refractivity contribution in [1.29, 1.82) is 0 Å². The number of amides is 2. The predicted molar refractivity (Wildman–Crippen MR) is 112 cm³/mol. The van der Waals surface area contributed by atoms with Crippen LogP contribution in [0.5, 0.6) is 5.88 Å². The molecule has 0 aliphatic carbocycles. The maximum atomic E-state index is 12.6. The van der Waals surface area contributed by atoms with E-state index in [1.54, 1.807) is 47.5 Å². The van der Waals surface area contributed by atoms with E-state index in [2.05, 4.69) is 10.3 Å². The molecule has 1 aromatic carbocycles. The normalized spacial score (nSPS) is 14.7. The van der Waals surface area contributed by atoms with Crippen LogP contribution in [0.25, 0.3) is 0 Å². The van der Waals surface area contributed by atoms with E-state index in [0.717, 1.165) is 12.8 Å². The minimum Gasteiger partial charge on any atom is -0.474 e. The molecule has 1 N–H and O–H groups in total. The Hall–Kier alpha value is -2.64. The van der Waals surface area contributed by atoms with Gasteiger partial charge in [-0.2, -0.15) is 0 Å². The molecule has 1 aliphatic rings. The Bertz CT molecular complexity index is 832. The molecule has 0 spiro atoms. The molecule has 3 rings (SSSR count). The number of hydrogen-bond acceptors (Lipinski definition) is 5. The summed E-state index contributed by atoms with van der Waals surface area (Å²) in [7, 11) is 3.67. The van der Waals surface area contributed by atoms with E-state index < -0.39 is 0 Å². The molecule has 1 aliphatic heterocycles. The summed E-state index contributed by atoms with van der Waals surface area (Å²) in [6.07, 6.45) is 3.07. The van der Waals surface area contributed by atoms with Gasteiger partial charge < -0.3 is 19.9 Å². The molecule has 2 amide bonds. The Labute approximate surface area is 175 Å². The van der Waals surface area contributed by atoms with Crippen LogP contribution in [0.1, 0.15) is 23.2 Å². The minimum absolute atomic E-state index is 0.00551. The molecule has 154 valence electrons. The molecule has 1 fully saturated rings. The first-order valence-electron chi connectivity index (χ1n) is 9.53. The van der Waals surface area contributed by atoms with Crippen LogP contribution >= 0.6 is 11.6 Å². The van der Waals surface area contributed by atoms with E-state index in [1.807, 2.05) is 19.0 Å². The lowest BCUT2D eigenvalue weighted by Gasteiger charge is -2.32. The van der Waals surface area contributed by atoms with Gasteiger partial charge in [0.25, 0.3) is 5.91 Å². The fourth-order valence-electron chi connectivity index (χ4n) is 3.13. The van der Waals surface area contributed by atoms with Crippen molar-refractivity contribution in [3.8, 4) is 5.88 Å². The second kappa shape index (κ2) is 9.71. The number of rotatable bonds is 6. The number of pyridine rings is 1. The Balaban J connectivity index is 1.47. The van der Waals surface area contributed by atoms with Crippen LogP contribution in [-0.2, 0) is 4.79 Å². The Morgan fingerprint density at radius 1 is 1.17 bits per heavy atom. The number of piperidine rings is 1. The monoisotopic (exact) mass is 416 g/mol. The molecule has 29 heavy (non-hydrogen) atoms. The van der Waals surface area contributed by atoms with Crippen molar-refractivity contribution in [3.05, 3.63) is 53.2 Å². The topological polar surface area (TPSA) is 74.8 Å². The zero-order valence-electron chi connectivity index (χ0n) is 16.6. The molecule has 0 radical (unpaired) electrons. The van der Waals surface area contributed by atoms with Crippen molar-refractivity contribution in [2.75, 3.05) is 39.0 Å². The predicted octanol–water partition coefficient (Wildman–Crippen LogP) is 2.92. The molecular formula is C21H25ClN4O3. The summed E-state index contributed by atoms with van der Waals surface area (Å²) in [5.41, 5.74) is 1.27. The van der Waals surface area contributed by atoms with Crippen LogP contribution in [0, 0.1) is 0 Å². The molecular weight excluding hydrogens is 392 g/mol. The van der Waals surface area contributed by atoms with Gasteiger partial charge in [0.1, 0.15) is 6.10 Å². The number of nitrogens with one attached hydrogen (secondary N) is 1. The molecule has 0 saturated carbocycles. The van der Waals surface area contributed by atoms with Crippen LogP contribution in [-0.4, -0.2) is 66.4 Å². The first-order valence-corrected chi connectivity index (χ1v) is 9.90. The number of likely N-dealkylation sites (tertiary alicyclic amines) is 1. The molecule has 0 atom stereocenters. The fourth-order valence-corrected chi connectivity index (χ4v) is 3.26.